The van der Waals surface area contributed by atoms with Crippen molar-refractivity contribution in [1.29, 1.82) is 0 Å². The zero-order valence-electron chi connectivity index (χ0n) is 49.9. The van der Waals surface area contributed by atoms with Crippen LogP contribution >= 0.6 is 0 Å². The largest absolute Gasteiger partial charge is 0.379 e. The second-order valence-corrected chi connectivity index (χ2v) is 29.0. The Kier molecular flexibility index (Phi) is 22.4. The molecule has 0 spiro atoms. The van der Waals surface area contributed by atoms with Crippen molar-refractivity contribution in [2.24, 2.45) is 35.0 Å². The van der Waals surface area contributed by atoms with E-state index < -0.39 is 90.7 Å². The van der Waals surface area contributed by atoms with E-state index in [4.69, 9.17) is 21.9 Å². The molecule has 3 aromatic carbocycles. The molecular formula is C60H79F9N10O9S2. The maximum atomic E-state index is 14.0. The minimum absolute atomic E-state index is 0.0101. The van der Waals surface area contributed by atoms with E-state index >= 15 is 0 Å². The van der Waals surface area contributed by atoms with Crippen molar-refractivity contribution in [3.63, 3.8) is 0 Å². The van der Waals surface area contributed by atoms with Crippen molar-refractivity contribution < 1.29 is 80.3 Å². The molecular weight excluding hydrogens is 1240 g/mol. The summed E-state index contributed by atoms with van der Waals surface area (Å²) in [5.41, 5.74) is 19.0. The first kappa shape index (κ1) is 68.9. The summed E-state index contributed by atoms with van der Waals surface area (Å²) in [6.45, 7) is 1.94. The minimum Gasteiger partial charge on any atom is -0.379 e. The zero-order chi connectivity index (χ0) is 65.1. The monoisotopic (exact) mass is 1320 g/mol. The minimum atomic E-state index is -3.76. The smallest absolute Gasteiger partial charge is 0.280 e. The number of piperidine rings is 3. The van der Waals surface area contributed by atoms with Gasteiger partial charge in [0.05, 0.1) is 38.1 Å². The van der Waals surface area contributed by atoms with Crippen LogP contribution in [-0.4, -0.2) is 165 Å². The van der Waals surface area contributed by atoms with E-state index in [2.05, 4.69) is 14.8 Å². The predicted molar refractivity (Wildman–Crippen MR) is 311 cm³/mol. The molecule has 12 atom stereocenters. The van der Waals surface area contributed by atoms with Crippen LogP contribution in [0.3, 0.4) is 0 Å². The maximum Gasteiger partial charge on any atom is 0.280 e. The van der Waals surface area contributed by atoms with Gasteiger partial charge in [0.1, 0.15) is 17.5 Å². The van der Waals surface area contributed by atoms with Gasteiger partial charge in [0.25, 0.3) is 10.2 Å². The summed E-state index contributed by atoms with van der Waals surface area (Å²) in [5, 5.41) is 2.16. The lowest BCUT2D eigenvalue weighted by Gasteiger charge is -2.41. The molecule has 19 nitrogen and oxygen atoms in total. The Hall–Kier alpha value is -5.47. The standard InChI is InChI=1S/C21H29F3N4O4S.C20H26F3N3O3S.C19H24F3N3O2/c22-17-11-19(24)18(23)9-13(17)10-20(25)14-7-15-1-2-16(8-14)28(15)21(29)12-26-33(30,31)27-3-5-32-6-4-27;21-16-9-18(23)17(22)7-11(16)8-19(24)12-5-13-1-2-14(6-12)26(13)20(27)10-25-30(28,29)15-3-4-15;1-10(26)24-9-19(27)25-13-2-3-14(25)5-12(4-13)18(23)7-11-6-16(21)17(22)8-15(11)20/h9,11,14-16,20,26H,1-8,10,12,25H2;7,9,12-15,19,25H,1-6,8,10,24H2;6,8,12-14,18H,2-5,7,9,23H2,1H3,(H,24,26)/t14?,15-,16+,20-;12?,13-,14+,19-;12?,13-,14+,18-/m111/s1. The summed E-state index contributed by atoms with van der Waals surface area (Å²) in [7, 11) is -7.17. The molecule has 9 N–H and O–H groups in total. The number of hydrogen-bond donors (Lipinski definition) is 6. The van der Waals surface area contributed by atoms with Gasteiger partial charge in [-0.15, -0.1) is 0 Å². The van der Waals surface area contributed by atoms with Crippen molar-refractivity contribution in [2.75, 3.05) is 45.9 Å². The van der Waals surface area contributed by atoms with Gasteiger partial charge in [-0.05, 0) is 162 Å². The fourth-order valence-electron chi connectivity index (χ4n) is 14.5. The number of fused-ring (bicyclic) bond motifs is 6. The molecule has 0 aromatic heterocycles. The molecule has 1 aliphatic carbocycles. The lowest BCUT2D eigenvalue weighted by molar-refractivity contribution is -0.137. The number of morpholine rings is 1. The van der Waals surface area contributed by atoms with Gasteiger partial charge in [-0.1, -0.05) is 0 Å². The number of nitrogens with two attached hydrogens (primary N) is 3. The highest BCUT2D eigenvalue weighted by Gasteiger charge is 2.48. The number of nitrogens with one attached hydrogen (secondary N) is 3. The van der Waals surface area contributed by atoms with E-state index in [1.165, 1.54) is 11.2 Å². The van der Waals surface area contributed by atoms with Gasteiger partial charge in [-0.3, -0.25) is 19.2 Å². The highest BCUT2D eigenvalue weighted by Crippen LogP contribution is 2.43. The SMILES string of the molecule is CC(=O)NCC(=O)N1[C@@H]2CC[C@H]1CC([C@H](N)Cc1cc(F)c(F)cc1F)C2.N[C@H](Cc1cc(F)c(F)cc1F)C1C[C@H]2CC[C@@H](C1)N2C(=O)CNS(=O)(=O)C1CC1.N[C@H](Cc1cc(F)c(F)cc1F)C1C[C@H]2CC[C@@H](C1)N2C(=O)CNS(=O)(=O)N1CCOCC1. The van der Waals surface area contributed by atoms with Crippen LogP contribution in [0.2, 0.25) is 0 Å². The lowest BCUT2D eigenvalue weighted by atomic mass is 9.82. The van der Waals surface area contributed by atoms with Crippen molar-refractivity contribution in [3.05, 3.63) is 105 Å². The highest BCUT2D eigenvalue weighted by atomic mass is 32.2. The number of rotatable bonds is 19. The van der Waals surface area contributed by atoms with Gasteiger partial charge in [-0.25, -0.2) is 52.7 Å². The number of nitrogens with zero attached hydrogens (tertiary/aromatic N) is 4. The Labute approximate surface area is 517 Å². The van der Waals surface area contributed by atoms with Crippen LogP contribution < -0.4 is 32.0 Å². The molecule has 7 aliphatic heterocycles. The Bertz CT molecular complexity index is 3310. The van der Waals surface area contributed by atoms with E-state index in [1.54, 1.807) is 9.80 Å². The first-order valence-electron chi connectivity index (χ1n) is 30.7. The Morgan fingerprint density at radius 3 is 1.08 bits per heavy atom. The van der Waals surface area contributed by atoms with Crippen molar-refractivity contribution in [1.82, 2.24) is 33.8 Å². The number of amides is 4. The van der Waals surface area contributed by atoms with Crippen LogP contribution in [0.1, 0.15) is 114 Å². The van der Waals surface area contributed by atoms with Crippen LogP contribution in [0.15, 0.2) is 36.4 Å². The topological polar surface area (TPSA) is 273 Å². The fraction of sp³-hybridized carbons (Fsp3) is 0.633. The number of halogens is 9. The molecule has 11 rings (SSSR count). The first-order chi connectivity index (χ1) is 42.6. The molecule has 8 fully saturated rings. The van der Waals surface area contributed by atoms with Gasteiger partial charge in [0.15, 0.2) is 34.9 Å². The Morgan fingerprint density at radius 1 is 0.467 bits per heavy atom. The molecule has 8 aliphatic rings. The van der Waals surface area contributed by atoms with Gasteiger partial charge in [-0.2, -0.15) is 17.4 Å². The third-order valence-corrected chi connectivity index (χ3v) is 22.7. The van der Waals surface area contributed by atoms with Gasteiger partial charge in [0, 0.05) is 92.6 Å². The van der Waals surface area contributed by atoms with Crippen molar-refractivity contribution >= 4 is 43.9 Å². The number of sulfonamides is 1. The predicted octanol–water partition coefficient (Wildman–Crippen LogP) is 4.61. The molecule has 30 heteroatoms. The normalized spacial score (nSPS) is 26.6. The average Bonchev–Trinajstić information content (AvgIpc) is 1.87. The van der Waals surface area contributed by atoms with Crippen LogP contribution in [0.25, 0.3) is 0 Å². The van der Waals surface area contributed by atoms with Gasteiger partial charge < -0.3 is 42.0 Å². The molecule has 7 heterocycles. The molecule has 498 valence electrons. The van der Waals surface area contributed by atoms with E-state index in [0.29, 0.717) is 82.8 Å². The quantitative estimate of drug-likeness (QED) is 0.0710. The second kappa shape index (κ2) is 29.2. The number of carbonyl (C=O) groups excluding carboxylic acids is 4. The van der Waals surface area contributed by atoms with Crippen LogP contribution in [0.5, 0.6) is 0 Å². The molecule has 6 bridgehead atoms. The van der Waals surface area contributed by atoms with Crippen molar-refractivity contribution in [3.8, 4) is 0 Å². The Balaban J connectivity index is 0.000000161. The van der Waals surface area contributed by atoms with Gasteiger partial charge in [0.2, 0.25) is 33.7 Å². The maximum absolute atomic E-state index is 14.0. The highest BCUT2D eigenvalue weighted by molar-refractivity contribution is 7.90. The van der Waals surface area contributed by atoms with Crippen molar-refractivity contribution in [2.45, 2.75) is 176 Å². The lowest BCUT2D eigenvalue weighted by Crippen LogP contribution is -2.54. The fourth-order valence-corrected chi connectivity index (χ4v) is 16.9. The molecule has 3 unspecified atom stereocenters. The second-order valence-electron chi connectivity index (χ2n) is 25.2. The number of ether oxygens (including phenoxy) is 1. The molecule has 4 amide bonds. The molecule has 7 saturated heterocycles. The summed E-state index contributed by atoms with van der Waals surface area (Å²) in [6, 6.07) is 2.74. The average molecular weight is 1320 g/mol. The molecule has 1 saturated carbocycles. The van der Waals surface area contributed by atoms with E-state index in [9.17, 15) is 75.5 Å². The van der Waals surface area contributed by atoms with Gasteiger partial charge >= 0.3 is 0 Å². The van der Waals surface area contributed by atoms with E-state index in [1.807, 2.05) is 4.90 Å². The summed E-state index contributed by atoms with van der Waals surface area (Å²) in [4.78, 5) is 54.3. The first-order valence-corrected chi connectivity index (χ1v) is 33.7. The molecule has 90 heavy (non-hydrogen) atoms. The number of benzene rings is 3. The summed E-state index contributed by atoms with van der Waals surface area (Å²) >= 11 is 0. The number of carbonyl (C=O) groups is 4. The summed E-state index contributed by atoms with van der Waals surface area (Å²) in [5.74, 6) is -10.2. The summed E-state index contributed by atoms with van der Waals surface area (Å²) < 4.78 is 182. The third kappa shape index (κ3) is 16.6. The third-order valence-electron chi connectivity index (χ3n) is 19.2. The van der Waals surface area contributed by atoms with Crippen LogP contribution in [-0.2, 0) is 63.4 Å². The number of hydrogen-bond acceptors (Lipinski definition) is 12. The van der Waals surface area contributed by atoms with E-state index in [-0.39, 0.29) is 152 Å². The molecule has 3 aromatic rings. The summed E-state index contributed by atoms with van der Waals surface area (Å²) in [6.07, 6.45) is 10.3. The van der Waals surface area contributed by atoms with Crippen LogP contribution in [0.4, 0.5) is 39.5 Å². The zero-order valence-corrected chi connectivity index (χ0v) is 51.5. The van der Waals surface area contributed by atoms with Crippen LogP contribution in [0, 0.1) is 70.1 Å². The Morgan fingerprint density at radius 2 is 0.767 bits per heavy atom. The molecule has 0 radical (unpaired) electrons. The van der Waals surface area contributed by atoms with E-state index in [0.717, 1.165) is 56.7 Å².